The van der Waals surface area contributed by atoms with E-state index < -0.39 is 23.1 Å². The first kappa shape index (κ1) is 30.7. The van der Waals surface area contributed by atoms with Crippen LogP contribution in [0.15, 0.2) is 36.4 Å². The van der Waals surface area contributed by atoms with Crippen molar-refractivity contribution in [3.63, 3.8) is 0 Å². The summed E-state index contributed by atoms with van der Waals surface area (Å²) in [5, 5.41) is 16.1. The van der Waals surface area contributed by atoms with Gasteiger partial charge in [0, 0.05) is 23.9 Å². The maximum Gasteiger partial charge on any atom is 0.416 e. The van der Waals surface area contributed by atoms with E-state index in [0.29, 0.717) is 30.7 Å². The van der Waals surface area contributed by atoms with Crippen LogP contribution >= 0.6 is 0 Å². The predicted octanol–water partition coefficient (Wildman–Crippen LogP) is 7.30. The number of amidine groups is 1. The largest absolute Gasteiger partial charge is 0.416 e. The Morgan fingerprint density at radius 2 is 1.79 bits per heavy atom. The van der Waals surface area contributed by atoms with Gasteiger partial charge in [-0.3, -0.25) is 20.4 Å². The zero-order valence-electron chi connectivity index (χ0n) is 22.9. The molecule has 38 heavy (non-hydrogen) atoms. The van der Waals surface area contributed by atoms with Crippen LogP contribution in [0.25, 0.3) is 0 Å². The molecule has 206 valence electrons. The molecule has 2 aromatic carbocycles. The van der Waals surface area contributed by atoms with E-state index in [0.717, 1.165) is 18.0 Å². The second-order valence-electron chi connectivity index (χ2n) is 9.54. The van der Waals surface area contributed by atoms with Gasteiger partial charge in [0.15, 0.2) is 0 Å². The minimum absolute atomic E-state index is 0.124. The number of aldehydes is 1. The summed E-state index contributed by atoms with van der Waals surface area (Å²) < 4.78 is 40.9. The van der Waals surface area contributed by atoms with Crippen molar-refractivity contribution in [2.45, 2.75) is 72.0 Å². The summed E-state index contributed by atoms with van der Waals surface area (Å²) in [6.07, 6.45) is -0.676. The zero-order valence-corrected chi connectivity index (χ0v) is 22.9. The number of amides is 1. The molecule has 9 heteroatoms. The maximum absolute atomic E-state index is 13.6. The molecular weight excluding hydrogens is 493 g/mol. The van der Waals surface area contributed by atoms with Gasteiger partial charge in [-0.2, -0.15) is 13.2 Å². The van der Waals surface area contributed by atoms with E-state index in [2.05, 4.69) is 20.8 Å². The number of hydrogen-bond acceptors (Lipinski definition) is 4. The van der Waals surface area contributed by atoms with Gasteiger partial charge in [0.05, 0.1) is 23.9 Å². The van der Waals surface area contributed by atoms with Gasteiger partial charge in [-0.25, -0.2) is 0 Å². The molecular formula is C29H37F3N4O2. The second-order valence-corrected chi connectivity index (χ2v) is 9.54. The topological polar surface area (TPSA) is 88.3 Å². The average molecular weight is 531 g/mol. The minimum atomic E-state index is -4.69. The van der Waals surface area contributed by atoms with Crippen molar-refractivity contribution in [3.8, 4) is 0 Å². The fraction of sp³-hybridized carbons (Fsp3) is 0.448. The first-order valence-corrected chi connectivity index (χ1v) is 12.9. The molecule has 4 rings (SSSR count). The molecule has 1 aliphatic heterocycles. The average Bonchev–Trinajstić information content (AvgIpc) is 3.22. The van der Waals surface area contributed by atoms with E-state index in [1.54, 1.807) is 25.2 Å². The molecule has 0 saturated heterocycles. The molecule has 6 nitrogen and oxygen atoms in total. The molecule has 1 fully saturated rings. The van der Waals surface area contributed by atoms with Crippen LogP contribution in [0.3, 0.4) is 0 Å². The number of anilines is 1. The molecule has 0 aromatic heterocycles. The lowest BCUT2D eigenvalue weighted by Gasteiger charge is -2.48. The fourth-order valence-electron chi connectivity index (χ4n) is 5.03. The molecule has 0 radical (unpaired) electrons. The van der Waals surface area contributed by atoms with E-state index >= 15 is 0 Å². The smallest absolute Gasteiger partial charge is 0.324 e. The number of nitrogens with one attached hydrogen (secondary N) is 2. The molecule has 0 spiro atoms. The van der Waals surface area contributed by atoms with E-state index in [9.17, 15) is 22.8 Å². The van der Waals surface area contributed by atoms with Crippen molar-refractivity contribution < 1.29 is 22.8 Å². The van der Waals surface area contributed by atoms with Crippen LogP contribution < -0.4 is 4.90 Å². The number of likely N-dealkylation sites (N-methyl/N-ethyl adjacent to an activating group) is 1. The normalized spacial score (nSPS) is 19.7. The van der Waals surface area contributed by atoms with Crippen LogP contribution in [0.4, 0.5) is 18.9 Å². The first-order valence-electron chi connectivity index (χ1n) is 12.9. The summed E-state index contributed by atoms with van der Waals surface area (Å²) in [5.74, 6) is 0.0414. The number of rotatable bonds is 5. The van der Waals surface area contributed by atoms with Gasteiger partial charge in [-0.15, -0.1) is 0 Å². The Morgan fingerprint density at radius 3 is 2.29 bits per heavy atom. The molecule has 1 saturated carbocycles. The van der Waals surface area contributed by atoms with Crippen LogP contribution in [0.5, 0.6) is 0 Å². The number of carbonyl (C=O) groups excluding carboxylic acids is 2. The Balaban J connectivity index is 0.000000947. The number of alkyl halides is 3. The maximum atomic E-state index is 13.6. The van der Waals surface area contributed by atoms with E-state index in [1.165, 1.54) is 22.3 Å². The Morgan fingerprint density at radius 1 is 1.18 bits per heavy atom. The van der Waals surface area contributed by atoms with Crippen molar-refractivity contribution in [1.29, 1.82) is 10.8 Å². The highest BCUT2D eigenvalue weighted by Gasteiger charge is 2.48. The Kier molecular flexibility index (Phi) is 10.0. The van der Waals surface area contributed by atoms with Crippen molar-refractivity contribution in [1.82, 2.24) is 4.90 Å². The molecule has 2 aliphatic rings. The highest BCUT2D eigenvalue weighted by molar-refractivity contribution is 6.11. The van der Waals surface area contributed by atoms with Crippen molar-refractivity contribution in [3.05, 3.63) is 64.2 Å². The quantitative estimate of drug-likeness (QED) is 0.241. The van der Waals surface area contributed by atoms with Gasteiger partial charge < -0.3 is 9.80 Å². The monoisotopic (exact) mass is 530 g/mol. The fourth-order valence-corrected chi connectivity index (χ4v) is 5.03. The molecule has 0 unspecified atom stereocenters. The van der Waals surface area contributed by atoms with Gasteiger partial charge in [0.1, 0.15) is 12.1 Å². The number of halogens is 3. The van der Waals surface area contributed by atoms with Crippen molar-refractivity contribution >= 4 is 30.1 Å². The lowest BCUT2D eigenvalue weighted by Crippen LogP contribution is -2.52. The minimum Gasteiger partial charge on any atom is -0.324 e. The molecule has 2 N–H and O–H groups in total. The summed E-state index contributed by atoms with van der Waals surface area (Å²) in [4.78, 5) is 27.0. The second kappa shape index (κ2) is 12.4. The Labute approximate surface area is 222 Å². The van der Waals surface area contributed by atoms with Crippen LogP contribution in [0, 0.1) is 16.7 Å². The Bertz CT molecular complexity index is 1190. The third-order valence-electron chi connectivity index (χ3n) is 6.61. The number of fused-ring (bicyclic) bond motifs is 1. The van der Waals surface area contributed by atoms with E-state index in [4.69, 9.17) is 10.8 Å². The van der Waals surface area contributed by atoms with E-state index in [1.807, 2.05) is 19.9 Å². The number of benzene rings is 2. The molecule has 2 aromatic rings. The lowest BCUT2D eigenvalue weighted by molar-refractivity contribution is -0.138. The van der Waals surface area contributed by atoms with Gasteiger partial charge >= 0.3 is 6.18 Å². The standard InChI is InChI=1S/C24H23F3N4O2.C3H8.C2H6/c1-14-9-23(10-14,22(29)30(2)13-28)16-4-3-5-17(8-16)31-11-19-18(21(31)33)6-15(12-32)7-20(19)24(25,26)27;1-3-2;1-2/h3-8,12-14,28-29H,9-11H2,1-2H3;3H2,1-2H3;1-2H3. The van der Waals surface area contributed by atoms with Crippen LogP contribution in [-0.2, 0) is 18.1 Å². The molecule has 1 aliphatic carbocycles. The highest BCUT2D eigenvalue weighted by atomic mass is 19.4. The van der Waals surface area contributed by atoms with Crippen LogP contribution in [0.2, 0.25) is 0 Å². The molecule has 0 bridgehead atoms. The van der Waals surface area contributed by atoms with Crippen molar-refractivity contribution in [2.75, 3.05) is 11.9 Å². The lowest BCUT2D eigenvalue weighted by atomic mass is 9.58. The number of hydrogen-bond donors (Lipinski definition) is 2. The highest BCUT2D eigenvalue weighted by Crippen LogP contribution is 2.50. The van der Waals surface area contributed by atoms with Gasteiger partial charge in [0.25, 0.3) is 5.91 Å². The van der Waals surface area contributed by atoms with Gasteiger partial charge in [0.2, 0.25) is 0 Å². The van der Waals surface area contributed by atoms with Crippen LogP contribution in [-0.4, -0.2) is 36.3 Å². The molecule has 0 atom stereocenters. The van der Waals surface area contributed by atoms with Crippen molar-refractivity contribution in [2.24, 2.45) is 5.92 Å². The number of carbonyl (C=O) groups is 2. The molecule has 1 amide bonds. The summed E-state index contributed by atoms with van der Waals surface area (Å²) in [6, 6.07) is 8.95. The van der Waals surface area contributed by atoms with Gasteiger partial charge in [-0.1, -0.05) is 53.2 Å². The summed E-state index contributed by atoms with van der Waals surface area (Å²) in [5.41, 5.74) is -0.862. The van der Waals surface area contributed by atoms with E-state index in [-0.39, 0.29) is 29.1 Å². The summed E-state index contributed by atoms with van der Waals surface area (Å²) in [6.45, 7) is 10.1. The summed E-state index contributed by atoms with van der Waals surface area (Å²) in [7, 11) is 1.63. The third-order valence-corrected chi connectivity index (χ3v) is 6.61. The van der Waals surface area contributed by atoms with Gasteiger partial charge in [-0.05, 0) is 54.2 Å². The first-order chi connectivity index (χ1) is 17.9. The van der Waals surface area contributed by atoms with Crippen LogP contribution in [0.1, 0.15) is 91.3 Å². The zero-order chi connectivity index (χ0) is 28.8. The SMILES string of the molecule is CC.CC1CC(C(=N)N(C)C=N)(c2cccc(N3Cc4c(cc(C=O)cc4C(F)(F)F)C3=O)c2)C1.CCC. The summed E-state index contributed by atoms with van der Waals surface area (Å²) >= 11 is 0. The number of nitrogens with zero attached hydrogens (tertiary/aromatic N) is 2. The Hall–Kier alpha value is -3.49. The molecule has 1 heterocycles. The third kappa shape index (κ3) is 5.81. The predicted molar refractivity (Wildman–Crippen MR) is 145 cm³/mol.